The minimum absolute atomic E-state index is 0.0661. The number of alkyl halides is 3. The Kier molecular flexibility index (Phi) is 2.59. The molecular weight excluding hydrogens is 239 g/mol. The van der Waals surface area contributed by atoms with Crippen LogP contribution >= 0.6 is 11.3 Å². The van der Waals surface area contributed by atoms with Crippen molar-refractivity contribution in [3.05, 3.63) is 35.3 Å². The first-order chi connectivity index (χ1) is 7.47. The molecule has 0 fully saturated rings. The number of rotatable bonds is 1. The van der Waals surface area contributed by atoms with Crippen LogP contribution in [0.4, 0.5) is 13.2 Å². The number of hydrogen-bond donors (Lipinski definition) is 1. The van der Waals surface area contributed by atoms with Crippen molar-refractivity contribution in [2.24, 2.45) is 0 Å². The summed E-state index contributed by atoms with van der Waals surface area (Å²) in [6.07, 6.45) is -4.41. The van der Waals surface area contributed by atoms with Crippen molar-refractivity contribution in [2.45, 2.75) is 6.18 Å². The first-order valence-electron chi connectivity index (χ1n) is 4.29. The summed E-state index contributed by atoms with van der Waals surface area (Å²) in [5.41, 5.74) is -0.334. The third kappa shape index (κ3) is 2.16. The van der Waals surface area contributed by atoms with Gasteiger partial charge in [-0.2, -0.15) is 13.2 Å². The molecule has 0 radical (unpaired) electrons. The fourth-order valence-electron chi connectivity index (χ4n) is 1.14. The lowest BCUT2D eigenvalue weighted by Crippen LogP contribution is -2.04. The molecule has 0 spiro atoms. The van der Waals surface area contributed by atoms with Gasteiger partial charge in [-0.25, -0.2) is 4.98 Å². The van der Waals surface area contributed by atoms with Crippen LogP contribution in [0.2, 0.25) is 0 Å². The highest BCUT2D eigenvalue weighted by molar-refractivity contribution is 7.13. The zero-order chi connectivity index (χ0) is 11.8. The number of benzene rings is 1. The molecule has 0 amide bonds. The number of thiazole rings is 1. The lowest BCUT2D eigenvalue weighted by atomic mass is 10.2. The molecule has 1 aromatic carbocycles. The van der Waals surface area contributed by atoms with Crippen molar-refractivity contribution in [3.8, 4) is 16.3 Å². The van der Waals surface area contributed by atoms with E-state index in [1.54, 1.807) is 0 Å². The van der Waals surface area contributed by atoms with E-state index in [9.17, 15) is 13.2 Å². The van der Waals surface area contributed by atoms with E-state index in [0.717, 1.165) is 16.7 Å². The van der Waals surface area contributed by atoms with Crippen LogP contribution in [-0.4, -0.2) is 10.1 Å². The van der Waals surface area contributed by atoms with Gasteiger partial charge in [0.2, 0.25) is 0 Å². The van der Waals surface area contributed by atoms with Gasteiger partial charge >= 0.3 is 6.18 Å². The second kappa shape index (κ2) is 3.79. The molecule has 0 aliphatic heterocycles. The molecule has 1 N–H and O–H groups in total. The number of phenols is 1. The lowest BCUT2D eigenvalue weighted by Gasteiger charge is -2.00. The van der Waals surface area contributed by atoms with Crippen molar-refractivity contribution < 1.29 is 18.3 Å². The van der Waals surface area contributed by atoms with Crippen molar-refractivity contribution in [2.75, 3.05) is 0 Å². The Bertz CT molecular complexity index is 490. The largest absolute Gasteiger partial charge is 0.508 e. The summed E-state index contributed by atoms with van der Waals surface area (Å²) in [4.78, 5) is 3.49. The van der Waals surface area contributed by atoms with Gasteiger partial charge in [0.25, 0.3) is 0 Å². The highest BCUT2D eigenvalue weighted by Crippen LogP contribution is 2.33. The predicted molar refractivity (Wildman–Crippen MR) is 54.2 cm³/mol. The Morgan fingerprint density at radius 3 is 2.25 bits per heavy atom. The van der Waals surface area contributed by atoms with E-state index in [1.165, 1.54) is 24.3 Å². The summed E-state index contributed by atoms with van der Waals surface area (Å²) >= 11 is 0.923. The molecule has 0 unspecified atom stereocenters. The molecule has 0 atom stereocenters. The molecule has 6 heteroatoms. The van der Waals surface area contributed by atoms with Gasteiger partial charge in [0.1, 0.15) is 10.8 Å². The lowest BCUT2D eigenvalue weighted by molar-refractivity contribution is -0.140. The van der Waals surface area contributed by atoms with Gasteiger partial charge in [0, 0.05) is 10.9 Å². The Morgan fingerprint density at radius 1 is 1.12 bits per heavy atom. The van der Waals surface area contributed by atoms with Gasteiger partial charge in [-0.15, -0.1) is 11.3 Å². The molecule has 0 bridgehead atoms. The average Bonchev–Trinajstić information content (AvgIpc) is 2.67. The molecule has 2 nitrogen and oxygen atoms in total. The van der Waals surface area contributed by atoms with Gasteiger partial charge in [-0.1, -0.05) is 0 Å². The second-order valence-corrected chi connectivity index (χ2v) is 3.94. The minimum atomic E-state index is -4.41. The first-order valence-corrected chi connectivity index (χ1v) is 5.17. The standard InChI is InChI=1S/C10H6F3NOS/c11-10(12,13)8-5-16-9(14-8)6-1-3-7(15)4-2-6/h1-5,15H. The van der Waals surface area contributed by atoms with Gasteiger partial charge in [-0.05, 0) is 24.3 Å². The fraction of sp³-hybridized carbons (Fsp3) is 0.100. The molecule has 16 heavy (non-hydrogen) atoms. The van der Waals surface area contributed by atoms with Crippen molar-refractivity contribution >= 4 is 11.3 Å². The summed E-state index contributed by atoms with van der Waals surface area (Å²) in [7, 11) is 0. The van der Waals surface area contributed by atoms with E-state index >= 15 is 0 Å². The van der Waals surface area contributed by atoms with Crippen molar-refractivity contribution in [3.63, 3.8) is 0 Å². The van der Waals surface area contributed by atoms with Gasteiger partial charge in [0.05, 0.1) is 0 Å². The Labute approximate surface area is 93.0 Å². The summed E-state index contributed by atoms with van der Waals surface area (Å²) < 4.78 is 36.9. The van der Waals surface area contributed by atoms with Crippen LogP contribution < -0.4 is 0 Å². The molecule has 1 heterocycles. The van der Waals surface area contributed by atoms with Gasteiger partial charge in [0.15, 0.2) is 5.69 Å². The summed E-state index contributed by atoms with van der Waals surface area (Å²) in [5.74, 6) is 0.0661. The number of phenolic OH excluding ortho intramolecular Hbond substituents is 1. The molecular formula is C10H6F3NOS. The van der Waals surface area contributed by atoms with Crippen LogP contribution in [-0.2, 0) is 6.18 Å². The summed E-state index contributed by atoms with van der Waals surface area (Å²) in [5, 5.41) is 10.3. The first kappa shape index (κ1) is 10.9. The maximum atomic E-state index is 12.3. The fourth-order valence-corrected chi connectivity index (χ4v) is 1.97. The smallest absolute Gasteiger partial charge is 0.434 e. The molecule has 2 aromatic rings. The van der Waals surface area contributed by atoms with Crippen LogP contribution in [0.3, 0.4) is 0 Å². The van der Waals surface area contributed by atoms with E-state index < -0.39 is 11.9 Å². The molecule has 84 valence electrons. The van der Waals surface area contributed by atoms with Crippen LogP contribution in [0.15, 0.2) is 29.6 Å². The minimum Gasteiger partial charge on any atom is -0.508 e. The summed E-state index contributed by atoms with van der Waals surface area (Å²) in [6.45, 7) is 0. The second-order valence-electron chi connectivity index (χ2n) is 3.08. The monoisotopic (exact) mass is 245 g/mol. The van der Waals surface area contributed by atoms with Crippen LogP contribution in [0.5, 0.6) is 5.75 Å². The number of halogens is 3. The Hall–Kier alpha value is -1.56. The number of aromatic hydroxyl groups is 1. The third-order valence-electron chi connectivity index (χ3n) is 1.91. The molecule has 0 saturated carbocycles. The quantitative estimate of drug-likeness (QED) is 0.833. The zero-order valence-corrected chi connectivity index (χ0v) is 8.64. The SMILES string of the molecule is Oc1ccc(-c2nc(C(F)(F)F)cs2)cc1. The van der Waals surface area contributed by atoms with Crippen LogP contribution in [0.25, 0.3) is 10.6 Å². The number of hydrogen-bond acceptors (Lipinski definition) is 3. The highest BCUT2D eigenvalue weighted by Gasteiger charge is 2.33. The molecule has 2 rings (SSSR count). The van der Waals surface area contributed by atoms with Crippen molar-refractivity contribution in [1.29, 1.82) is 0 Å². The summed E-state index contributed by atoms with van der Waals surface area (Å²) in [6, 6.07) is 5.86. The zero-order valence-electron chi connectivity index (χ0n) is 7.82. The molecule has 0 aliphatic carbocycles. The highest BCUT2D eigenvalue weighted by atomic mass is 32.1. The topological polar surface area (TPSA) is 33.1 Å². The predicted octanol–water partition coefficient (Wildman–Crippen LogP) is 3.53. The van der Waals surface area contributed by atoms with E-state index in [0.29, 0.717) is 5.56 Å². The average molecular weight is 245 g/mol. The molecule has 1 aromatic heterocycles. The Balaban J connectivity index is 2.35. The maximum Gasteiger partial charge on any atom is 0.434 e. The molecule has 0 saturated heterocycles. The van der Waals surface area contributed by atoms with Crippen LogP contribution in [0, 0.1) is 0 Å². The van der Waals surface area contributed by atoms with Gasteiger partial charge in [-0.3, -0.25) is 0 Å². The van der Waals surface area contributed by atoms with Crippen LogP contribution in [0.1, 0.15) is 5.69 Å². The third-order valence-corrected chi connectivity index (χ3v) is 2.80. The van der Waals surface area contributed by atoms with E-state index in [2.05, 4.69) is 4.98 Å². The number of nitrogens with zero attached hydrogens (tertiary/aromatic N) is 1. The van der Waals surface area contributed by atoms with Crippen molar-refractivity contribution in [1.82, 2.24) is 4.98 Å². The normalized spacial score (nSPS) is 11.7. The van der Waals surface area contributed by atoms with E-state index in [-0.39, 0.29) is 10.8 Å². The Morgan fingerprint density at radius 2 is 1.75 bits per heavy atom. The molecule has 0 aliphatic rings. The van der Waals surface area contributed by atoms with E-state index in [1.807, 2.05) is 0 Å². The van der Waals surface area contributed by atoms with E-state index in [4.69, 9.17) is 5.11 Å². The number of aromatic nitrogens is 1. The van der Waals surface area contributed by atoms with Gasteiger partial charge < -0.3 is 5.11 Å². The maximum absolute atomic E-state index is 12.3.